The highest BCUT2D eigenvalue weighted by molar-refractivity contribution is 7.85. The molecule has 0 rings (SSSR count). The Morgan fingerprint density at radius 3 is 2.09 bits per heavy atom. The number of carbonyl (C=O) groups is 1. The summed E-state index contributed by atoms with van der Waals surface area (Å²) < 4.78 is 11.2. The van der Waals surface area contributed by atoms with Crippen LogP contribution in [0.4, 0.5) is 0 Å². The van der Waals surface area contributed by atoms with E-state index in [1.807, 2.05) is 0 Å². The summed E-state index contributed by atoms with van der Waals surface area (Å²) in [5.74, 6) is 16.1. The standard InChI is InChI=1S/C19H26O3S/c1-2-3-4-5-6-7-8-9-10-11-12-13-14-15-16-17-23(22)18-19(20)21/h2-8,11,14,17-18H2,1H3,(H,20,21). The fourth-order valence-corrected chi connectivity index (χ4v) is 2.38. The van der Waals surface area contributed by atoms with Crippen molar-refractivity contribution >= 4 is 16.8 Å². The van der Waals surface area contributed by atoms with Gasteiger partial charge in [-0.15, -0.1) is 5.92 Å². The molecule has 1 atom stereocenters. The highest BCUT2D eigenvalue weighted by Crippen LogP contribution is 2.06. The first-order chi connectivity index (χ1) is 11.2. The highest BCUT2D eigenvalue weighted by atomic mass is 32.2. The Hall–Kier alpha value is -1.70. The number of rotatable bonds is 9. The first kappa shape index (κ1) is 21.3. The molecule has 0 aliphatic carbocycles. The normalized spacial score (nSPS) is 10.3. The zero-order chi connectivity index (χ0) is 17.2. The summed E-state index contributed by atoms with van der Waals surface area (Å²) >= 11 is 0. The number of aliphatic carboxylic acids is 1. The topological polar surface area (TPSA) is 54.4 Å². The summed E-state index contributed by atoms with van der Waals surface area (Å²) in [4.78, 5) is 10.3. The van der Waals surface area contributed by atoms with Gasteiger partial charge in [0.1, 0.15) is 5.75 Å². The molecular formula is C19H26O3S. The van der Waals surface area contributed by atoms with Gasteiger partial charge in [-0.1, -0.05) is 68.6 Å². The Kier molecular flexibility index (Phi) is 15.4. The van der Waals surface area contributed by atoms with Crippen LogP contribution in [0.3, 0.4) is 0 Å². The second-order valence-corrected chi connectivity index (χ2v) is 6.51. The van der Waals surface area contributed by atoms with Crippen molar-refractivity contribution in [2.24, 2.45) is 0 Å². The third-order valence-electron chi connectivity index (χ3n) is 2.90. The van der Waals surface area contributed by atoms with Crippen LogP contribution in [0, 0.1) is 35.5 Å². The van der Waals surface area contributed by atoms with E-state index in [4.69, 9.17) is 5.11 Å². The van der Waals surface area contributed by atoms with E-state index in [0.717, 1.165) is 6.42 Å². The van der Waals surface area contributed by atoms with Crippen LogP contribution in [-0.2, 0) is 15.6 Å². The largest absolute Gasteiger partial charge is 0.481 e. The molecule has 0 bridgehead atoms. The fraction of sp³-hybridized carbons (Fsp3) is 0.632. The lowest BCUT2D eigenvalue weighted by Crippen LogP contribution is -2.10. The minimum atomic E-state index is -1.41. The maximum atomic E-state index is 11.2. The van der Waals surface area contributed by atoms with Gasteiger partial charge in [-0.05, 0) is 6.42 Å². The van der Waals surface area contributed by atoms with Crippen LogP contribution in [0.5, 0.6) is 0 Å². The predicted molar refractivity (Wildman–Crippen MR) is 96.1 cm³/mol. The monoisotopic (exact) mass is 334 g/mol. The molecule has 0 fully saturated rings. The molecule has 1 unspecified atom stereocenters. The fourth-order valence-electron chi connectivity index (χ4n) is 1.74. The molecular weight excluding hydrogens is 308 g/mol. The van der Waals surface area contributed by atoms with Crippen molar-refractivity contribution in [2.45, 2.75) is 64.7 Å². The van der Waals surface area contributed by atoms with Crippen molar-refractivity contribution in [3.05, 3.63) is 0 Å². The van der Waals surface area contributed by atoms with E-state index in [0.29, 0.717) is 12.8 Å². The molecule has 0 aliphatic heterocycles. The summed E-state index contributed by atoms with van der Waals surface area (Å²) in [5.41, 5.74) is 0. The molecule has 0 spiro atoms. The SMILES string of the molecule is CCCCCCCCC#CCC#CCC#CCS(=O)CC(=O)O. The van der Waals surface area contributed by atoms with Gasteiger partial charge < -0.3 is 5.11 Å². The number of hydrogen-bond donors (Lipinski definition) is 1. The van der Waals surface area contributed by atoms with Crippen LogP contribution < -0.4 is 0 Å². The van der Waals surface area contributed by atoms with Gasteiger partial charge in [0, 0.05) is 17.2 Å². The summed E-state index contributed by atoms with van der Waals surface area (Å²) in [6.07, 6.45) is 9.60. The van der Waals surface area contributed by atoms with Crippen molar-refractivity contribution in [2.75, 3.05) is 11.5 Å². The van der Waals surface area contributed by atoms with Gasteiger partial charge >= 0.3 is 5.97 Å². The van der Waals surface area contributed by atoms with Crippen molar-refractivity contribution in [3.8, 4) is 35.5 Å². The van der Waals surface area contributed by atoms with Gasteiger partial charge in [-0.2, -0.15) is 0 Å². The minimum absolute atomic E-state index is 0.0893. The van der Waals surface area contributed by atoms with Crippen LogP contribution in [0.25, 0.3) is 0 Å². The second-order valence-electron chi connectivity index (χ2n) is 5.05. The lowest BCUT2D eigenvalue weighted by atomic mass is 10.1. The number of hydrogen-bond acceptors (Lipinski definition) is 2. The lowest BCUT2D eigenvalue weighted by molar-refractivity contribution is -0.133. The molecule has 0 heterocycles. The Labute approximate surface area is 143 Å². The molecule has 0 saturated carbocycles. The van der Waals surface area contributed by atoms with E-state index in [1.165, 1.54) is 38.5 Å². The molecule has 3 nitrogen and oxygen atoms in total. The molecule has 23 heavy (non-hydrogen) atoms. The molecule has 0 aromatic heterocycles. The van der Waals surface area contributed by atoms with E-state index in [2.05, 4.69) is 42.4 Å². The molecule has 0 aromatic carbocycles. The predicted octanol–water partition coefficient (Wildman–Crippen LogP) is 3.36. The highest BCUT2D eigenvalue weighted by Gasteiger charge is 2.02. The van der Waals surface area contributed by atoms with Crippen LogP contribution in [-0.4, -0.2) is 26.8 Å². The zero-order valence-corrected chi connectivity index (χ0v) is 14.8. The molecule has 0 amide bonds. The summed E-state index contributed by atoms with van der Waals surface area (Å²) in [6.45, 7) is 2.22. The first-order valence-corrected chi connectivity index (χ1v) is 9.59. The number of carboxylic acid groups (broad SMARTS) is 1. The molecule has 4 heteroatoms. The number of unbranched alkanes of at least 4 members (excludes halogenated alkanes) is 6. The van der Waals surface area contributed by atoms with Crippen LogP contribution >= 0.6 is 0 Å². The maximum Gasteiger partial charge on any atom is 0.316 e. The van der Waals surface area contributed by atoms with Crippen molar-refractivity contribution < 1.29 is 14.1 Å². The lowest BCUT2D eigenvalue weighted by Gasteiger charge is -1.96. The molecule has 0 radical (unpaired) electrons. The third kappa shape index (κ3) is 18.3. The summed E-state index contributed by atoms with van der Waals surface area (Å²) in [7, 11) is -1.41. The van der Waals surface area contributed by atoms with E-state index in [9.17, 15) is 9.00 Å². The zero-order valence-electron chi connectivity index (χ0n) is 14.0. The van der Waals surface area contributed by atoms with Gasteiger partial charge in [-0.3, -0.25) is 9.00 Å². The second kappa shape index (κ2) is 16.7. The average Bonchev–Trinajstić information content (AvgIpc) is 2.50. The van der Waals surface area contributed by atoms with Crippen LogP contribution in [0.15, 0.2) is 0 Å². The van der Waals surface area contributed by atoms with Gasteiger partial charge in [-0.25, -0.2) is 0 Å². The molecule has 0 aliphatic rings. The van der Waals surface area contributed by atoms with Gasteiger partial charge in [0.05, 0.1) is 18.6 Å². The van der Waals surface area contributed by atoms with Crippen molar-refractivity contribution in [3.63, 3.8) is 0 Å². The third-order valence-corrected chi connectivity index (χ3v) is 3.94. The molecule has 0 aromatic rings. The summed E-state index contributed by atoms with van der Waals surface area (Å²) in [6, 6.07) is 0. The van der Waals surface area contributed by atoms with E-state index >= 15 is 0 Å². The van der Waals surface area contributed by atoms with Crippen LogP contribution in [0.1, 0.15) is 64.7 Å². The maximum absolute atomic E-state index is 11.2. The minimum Gasteiger partial charge on any atom is -0.481 e. The average molecular weight is 334 g/mol. The summed E-state index contributed by atoms with van der Waals surface area (Å²) in [5, 5.41) is 8.43. The van der Waals surface area contributed by atoms with E-state index in [1.54, 1.807) is 0 Å². The quantitative estimate of drug-likeness (QED) is 0.519. The van der Waals surface area contributed by atoms with Crippen LogP contribution in [0.2, 0.25) is 0 Å². The molecule has 0 saturated heterocycles. The van der Waals surface area contributed by atoms with E-state index in [-0.39, 0.29) is 11.5 Å². The van der Waals surface area contributed by atoms with Gasteiger partial charge in [0.15, 0.2) is 0 Å². The molecule has 126 valence electrons. The smallest absolute Gasteiger partial charge is 0.316 e. The van der Waals surface area contributed by atoms with E-state index < -0.39 is 16.8 Å². The molecule has 1 N–H and O–H groups in total. The Morgan fingerprint density at radius 2 is 1.43 bits per heavy atom. The Bertz CT molecular complexity index is 532. The first-order valence-electron chi connectivity index (χ1n) is 8.10. The van der Waals surface area contributed by atoms with Gasteiger partial charge in [0.2, 0.25) is 0 Å². The Balaban J connectivity index is 3.58. The van der Waals surface area contributed by atoms with Gasteiger partial charge in [0.25, 0.3) is 0 Å². The Morgan fingerprint density at radius 1 is 0.870 bits per heavy atom. The van der Waals surface area contributed by atoms with Crippen molar-refractivity contribution in [1.29, 1.82) is 0 Å². The van der Waals surface area contributed by atoms with Crippen molar-refractivity contribution in [1.82, 2.24) is 0 Å². The number of carboxylic acids is 1.